The standard InChI is InChI=1S/C14H19N5OS/c1-3-15-13-16-12(11-10(2)4-9-21-11)17-14(18-13)19-5-7-20-8-6-19/h4,9H,3,5-8H2,1-2H3,(H,15,16,17,18). The second kappa shape index (κ2) is 6.36. The summed E-state index contributed by atoms with van der Waals surface area (Å²) in [6.07, 6.45) is 0. The molecular formula is C14H19N5OS. The quantitative estimate of drug-likeness (QED) is 0.934. The highest BCUT2D eigenvalue weighted by atomic mass is 32.1. The van der Waals surface area contributed by atoms with E-state index in [2.05, 4.69) is 43.5 Å². The summed E-state index contributed by atoms with van der Waals surface area (Å²) in [5.41, 5.74) is 1.20. The Balaban J connectivity index is 1.99. The molecule has 1 saturated heterocycles. The van der Waals surface area contributed by atoms with E-state index in [0.717, 1.165) is 49.5 Å². The van der Waals surface area contributed by atoms with Gasteiger partial charge in [-0.25, -0.2) is 0 Å². The lowest BCUT2D eigenvalue weighted by Gasteiger charge is -2.27. The Hall–Kier alpha value is -1.73. The van der Waals surface area contributed by atoms with Gasteiger partial charge in [-0.1, -0.05) is 0 Å². The molecule has 0 saturated carbocycles. The zero-order valence-corrected chi connectivity index (χ0v) is 13.1. The van der Waals surface area contributed by atoms with Crippen LogP contribution in [-0.4, -0.2) is 47.8 Å². The molecule has 0 bridgehead atoms. The molecule has 6 nitrogen and oxygen atoms in total. The van der Waals surface area contributed by atoms with Crippen LogP contribution in [0.25, 0.3) is 10.7 Å². The van der Waals surface area contributed by atoms with Crippen LogP contribution in [0, 0.1) is 6.92 Å². The fourth-order valence-corrected chi connectivity index (χ4v) is 3.07. The van der Waals surface area contributed by atoms with E-state index in [-0.39, 0.29) is 0 Å². The van der Waals surface area contributed by atoms with E-state index in [0.29, 0.717) is 5.95 Å². The number of thiophene rings is 1. The van der Waals surface area contributed by atoms with Crippen LogP contribution in [0.4, 0.5) is 11.9 Å². The Kier molecular flexibility index (Phi) is 4.31. The molecule has 3 heterocycles. The van der Waals surface area contributed by atoms with Crippen molar-refractivity contribution >= 4 is 23.2 Å². The van der Waals surface area contributed by atoms with Crippen LogP contribution < -0.4 is 10.2 Å². The number of hydrogen-bond donors (Lipinski definition) is 1. The lowest BCUT2D eigenvalue weighted by Crippen LogP contribution is -2.37. The predicted molar refractivity (Wildman–Crippen MR) is 85.1 cm³/mol. The van der Waals surface area contributed by atoms with E-state index < -0.39 is 0 Å². The fraction of sp³-hybridized carbons (Fsp3) is 0.500. The minimum Gasteiger partial charge on any atom is -0.378 e. The van der Waals surface area contributed by atoms with Crippen LogP contribution >= 0.6 is 11.3 Å². The molecule has 1 aliphatic rings. The topological polar surface area (TPSA) is 63.2 Å². The lowest BCUT2D eigenvalue weighted by molar-refractivity contribution is 0.122. The SMILES string of the molecule is CCNc1nc(-c2sccc2C)nc(N2CCOCC2)n1. The maximum atomic E-state index is 5.39. The highest BCUT2D eigenvalue weighted by Crippen LogP contribution is 2.28. The zero-order chi connectivity index (χ0) is 14.7. The number of anilines is 2. The highest BCUT2D eigenvalue weighted by Gasteiger charge is 2.18. The number of aryl methyl sites for hydroxylation is 1. The van der Waals surface area contributed by atoms with E-state index in [1.54, 1.807) is 11.3 Å². The van der Waals surface area contributed by atoms with Crippen LogP contribution in [0.2, 0.25) is 0 Å². The third kappa shape index (κ3) is 3.14. The zero-order valence-electron chi connectivity index (χ0n) is 12.3. The Morgan fingerprint density at radius 2 is 2.10 bits per heavy atom. The Morgan fingerprint density at radius 1 is 1.29 bits per heavy atom. The number of hydrogen-bond acceptors (Lipinski definition) is 7. The molecule has 2 aromatic heterocycles. The number of aromatic nitrogens is 3. The molecule has 3 rings (SSSR count). The number of ether oxygens (including phenoxy) is 1. The number of nitrogens with zero attached hydrogens (tertiary/aromatic N) is 4. The van der Waals surface area contributed by atoms with E-state index in [4.69, 9.17) is 4.74 Å². The molecule has 0 aliphatic carbocycles. The summed E-state index contributed by atoms with van der Waals surface area (Å²) in [4.78, 5) is 17.0. The lowest BCUT2D eigenvalue weighted by atomic mass is 10.3. The predicted octanol–water partition coefficient (Wildman–Crippen LogP) is 2.18. The van der Waals surface area contributed by atoms with Gasteiger partial charge in [0.2, 0.25) is 11.9 Å². The first-order valence-electron chi connectivity index (χ1n) is 7.15. The summed E-state index contributed by atoms with van der Waals surface area (Å²) < 4.78 is 5.39. The van der Waals surface area contributed by atoms with Gasteiger partial charge in [-0.15, -0.1) is 11.3 Å². The van der Waals surface area contributed by atoms with Gasteiger partial charge >= 0.3 is 0 Å². The number of morpholine rings is 1. The van der Waals surface area contributed by atoms with E-state index in [1.807, 2.05) is 6.92 Å². The van der Waals surface area contributed by atoms with Gasteiger partial charge in [0.05, 0.1) is 18.1 Å². The van der Waals surface area contributed by atoms with Crippen LogP contribution in [0.1, 0.15) is 12.5 Å². The summed E-state index contributed by atoms with van der Waals surface area (Å²) in [7, 11) is 0. The van der Waals surface area contributed by atoms with Crippen molar-refractivity contribution in [3.8, 4) is 10.7 Å². The van der Waals surface area contributed by atoms with Crippen molar-refractivity contribution in [2.45, 2.75) is 13.8 Å². The highest BCUT2D eigenvalue weighted by molar-refractivity contribution is 7.13. The van der Waals surface area contributed by atoms with Gasteiger partial charge < -0.3 is 15.0 Å². The third-order valence-electron chi connectivity index (χ3n) is 3.32. The summed E-state index contributed by atoms with van der Waals surface area (Å²) in [5, 5.41) is 5.26. The second-order valence-electron chi connectivity index (χ2n) is 4.85. The molecular weight excluding hydrogens is 286 g/mol. The molecule has 112 valence electrons. The number of rotatable bonds is 4. The fourth-order valence-electron chi connectivity index (χ4n) is 2.21. The maximum absolute atomic E-state index is 5.39. The second-order valence-corrected chi connectivity index (χ2v) is 5.76. The molecule has 0 spiro atoms. The summed E-state index contributed by atoms with van der Waals surface area (Å²) in [6, 6.07) is 2.09. The minimum atomic E-state index is 0.636. The van der Waals surface area contributed by atoms with Crippen LogP contribution in [0.5, 0.6) is 0 Å². The average Bonchev–Trinajstić information content (AvgIpc) is 2.94. The first-order chi connectivity index (χ1) is 10.3. The molecule has 21 heavy (non-hydrogen) atoms. The van der Waals surface area contributed by atoms with Crippen LogP contribution in [0.3, 0.4) is 0 Å². The molecule has 7 heteroatoms. The van der Waals surface area contributed by atoms with Crippen molar-refractivity contribution in [1.82, 2.24) is 15.0 Å². The van der Waals surface area contributed by atoms with Gasteiger partial charge in [-0.2, -0.15) is 15.0 Å². The smallest absolute Gasteiger partial charge is 0.230 e. The Bertz CT molecular complexity index is 609. The van der Waals surface area contributed by atoms with E-state index in [9.17, 15) is 0 Å². The first-order valence-corrected chi connectivity index (χ1v) is 8.03. The van der Waals surface area contributed by atoms with Gasteiger partial charge in [-0.05, 0) is 30.9 Å². The molecule has 0 amide bonds. The third-order valence-corrected chi connectivity index (χ3v) is 4.33. The van der Waals surface area contributed by atoms with E-state index >= 15 is 0 Å². The largest absolute Gasteiger partial charge is 0.378 e. The monoisotopic (exact) mass is 305 g/mol. The van der Waals surface area contributed by atoms with Crippen molar-refractivity contribution in [3.63, 3.8) is 0 Å². The summed E-state index contributed by atoms with van der Waals surface area (Å²) in [6.45, 7) is 7.97. The summed E-state index contributed by atoms with van der Waals surface area (Å²) in [5.74, 6) is 2.11. The first kappa shape index (κ1) is 14.2. The summed E-state index contributed by atoms with van der Waals surface area (Å²) >= 11 is 1.66. The van der Waals surface area contributed by atoms with Crippen molar-refractivity contribution in [2.75, 3.05) is 43.1 Å². The van der Waals surface area contributed by atoms with Gasteiger partial charge in [0, 0.05) is 19.6 Å². The van der Waals surface area contributed by atoms with Gasteiger partial charge in [0.15, 0.2) is 5.82 Å². The number of nitrogens with one attached hydrogen (secondary N) is 1. The van der Waals surface area contributed by atoms with Crippen molar-refractivity contribution in [3.05, 3.63) is 17.0 Å². The Morgan fingerprint density at radius 3 is 2.76 bits per heavy atom. The van der Waals surface area contributed by atoms with Crippen molar-refractivity contribution in [1.29, 1.82) is 0 Å². The van der Waals surface area contributed by atoms with Crippen LogP contribution in [0.15, 0.2) is 11.4 Å². The molecule has 2 aromatic rings. The normalized spacial score (nSPS) is 15.2. The van der Waals surface area contributed by atoms with Gasteiger partial charge in [0.1, 0.15) is 0 Å². The molecule has 1 aliphatic heterocycles. The van der Waals surface area contributed by atoms with Gasteiger partial charge in [0.25, 0.3) is 0 Å². The van der Waals surface area contributed by atoms with E-state index in [1.165, 1.54) is 5.56 Å². The Labute approximate surface area is 128 Å². The van der Waals surface area contributed by atoms with Gasteiger partial charge in [-0.3, -0.25) is 0 Å². The molecule has 0 atom stereocenters. The molecule has 1 fully saturated rings. The van der Waals surface area contributed by atoms with Crippen molar-refractivity contribution in [2.24, 2.45) is 0 Å². The molecule has 1 N–H and O–H groups in total. The molecule has 0 radical (unpaired) electrons. The molecule has 0 aromatic carbocycles. The molecule has 0 unspecified atom stereocenters. The average molecular weight is 305 g/mol. The van der Waals surface area contributed by atoms with Crippen LogP contribution in [-0.2, 0) is 4.74 Å². The van der Waals surface area contributed by atoms with Crippen molar-refractivity contribution < 1.29 is 4.74 Å². The minimum absolute atomic E-state index is 0.636. The maximum Gasteiger partial charge on any atom is 0.230 e.